The maximum atomic E-state index is 12.7. The van der Waals surface area contributed by atoms with E-state index in [1.54, 1.807) is 0 Å². The largest absolute Gasteiger partial charge is 0.336 e. The number of carbonyl (C=O) groups excluding carboxylic acids is 1. The fraction of sp³-hybridized carbons (Fsp3) is 0.714. The third-order valence-electron chi connectivity index (χ3n) is 4.42. The third-order valence-corrected chi connectivity index (χ3v) is 4.42. The van der Waals surface area contributed by atoms with Crippen LogP contribution in [0, 0.1) is 0 Å². The van der Waals surface area contributed by atoms with Gasteiger partial charge in [0.1, 0.15) is 0 Å². The molecule has 1 aromatic heterocycles. The normalized spacial score (nSPS) is 24.9. The molecule has 0 aliphatic carbocycles. The molecule has 19 heavy (non-hydrogen) atoms. The zero-order valence-electron chi connectivity index (χ0n) is 11.6. The standard InChI is InChI=1S/C14H22N4O/c1-17-7-4-2-3-5-13(17)14(19)18-8-6-12-11(10-18)9-15-16-12/h9,13H,2-8,10H2,1H3,(H,15,16)/t13-/m0/s1. The number of H-pyrrole nitrogens is 1. The SMILES string of the molecule is CN1CCCCC[C@H]1C(=O)N1CCc2[nH]ncc2C1. The first-order valence-corrected chi connectivity index (χ1v) is 7.26. The van der Waals surface area contributed by atoms with Crippen LogP contribution in [-0.2, 0) is 17.8 Å². The van der Waals surface area contributed by atoms with Crippen LogP contribution >= 0.6 is 0 Å². The quantitative estimate of drug-likeness (QED) is 0.826. The Bertz CT molecular complexity index is 456. The molecule has 0 saturated carbocycles. The summed E-state index contributed by atoms with van der Waals surface area (Å²) in [5.74, 6) is 0.302. The fourth-order valence-corrected chi connectivity index (χ4v) is 3.18. The lowest BCUT2D eigenvalue weighted by molar-refractivity contribution is -0.137. The van der Waals surface area contributed by atoms with Crippen molar-refractivity contribution in [3.8, 4) is 0 Å². The van der Waals surface area contributed by atoms with E-state index >= 15 is 0 Å². The fourth-order valence-electron chi connectivity index (χ4n) is 3.18. The van der Waals surface area contributed by atoms with Crippen LogP contribution in [0.1, 0.15) is 36.9 Å². The van der Waals surface area contributed by atoms with Crippen molar-refractivity contribution < 1.29 is 4.79 Å². The third kappa shape index (κ3) is 2.52. The lowest BCUT2D eigenvalue weighted by atomic mass is 10.0. The summed E-state index contributed by atoms with van der Waals surface area (Å²) >= 11 is 0. The molecule has 2 aliphatic heterocycles. The van der Waals surface area contributed by atoms with Crippen LogP contribution in [-0.4, -0.2) is 52.1 Å². The number of amides is 1. The Labute approximate surface area is 114 Å². The van der Waals surface area contributed by atoms with Gasteiger partial charge in [0.05, 0.1) is 12.2 Å². The Balaban J connectivity index is 1.70. The first kappa shape index (κ1) is 12.7. The highest BCUT2D eigenvalue weighted by atomic mass is 16.2. The molecule has 3 heterocycles. The first-order valence-electron chi connectivity index (χ1n) is 7.26. The van der Waals surface area contributed by atoms with Crippen LogP contribution in [0.5, 0.6) is 0 Å². The molecule has 1 aromatic rings. The summed E-state index contributed by atoms with van der Waals surface area (Å²) in [7, 11) is 2.08. The molecule has 1 saturated heterocycles. The molecule has 1 amide bonds. The van der Waals surface area contributed by atoms with Gasteiger partial charge in [0.25, 0.3) is 0 Å². The van der Waals surface area contributed by atoms with E-state index in [1.165, 1.54) is 30.5 Å². The van der Waals surface area contributed by atoms with Crippen molar-refractivity contribution >= 4 is 5.91 Å². The molecular weight excluding hydrogens is 240 g/mol. The van der Waals surface area contributed by atoms with Crippen LogP contribution in [0.4, 0.5) is 0 Å². The van der Waals surface area contributed by atoms with E-state index in [0.717, 1.165) is 32.5 Å². The van der Waals surface area contributed by atoms with E-state index in [1.807, 2.05) is 11.1 Å². The van der Waals surface area contributed by atoms with Gasteiger partial charge in [-0.05, 0) is 26.4 Å². The molecular formula is C14H22N4O. The number of fused-ring (bicyclic) bond motifs is 1. The van der Waals surface area contributed by atoms with Gasteiger partial charge in [-0.15, -0.1) is 0 Å². The molecule has 1 fully saturated rings. The minimum Gasteiger partial charge on any atom is -0.336 e. The van der Waals surface area contributed by atoms with Crippen molar-refractivity contribution in [2.24, 2.45) is 0 Å². The lowest BCUT2D eigenvalue weighted by Gasteiger charge is -2.33. The number of hydrogen-bond donors (Lipinski definition) is 1. The number of aromatic amines is 1. The van der Waals surface area contributed by atoms with Crippen LogP contribution in [0.15, 0.2) is 6.20 Å². The number of likely N-dealkylation sites (N-methyl/N-ethyl adjacent to an activating group) is 1. The van der Waals surface area contributed by atoms with Gasteiger partial charge in [-0.3, -0.25) is 14.8 Å². The van der Waals surface area contributed by atoms with Gasteiger partial charge in [-0.1, -0.05) is 12.8 Å². The monoisotopic (exact) mass is 262 g/mol. The summed E-state index contributed by atoms with van der Waals surface area (Å²) in [6.07, 6.45) is 7.39. The van der Waals surface area contributed by atoms with Crippen molar-refractivity contribution in [3.63, 3.8) is 0 Å². The van der Waals surface area contributed by atoms with E-state index in [2.05, 4.69) is 22.1 Å². The predicted molar refractivity (Wildman–Crippen MR) is 72.6 cm³/mol. The smallest absolute Gasteiger partial charge is 0.240 e. The average Bonchev–Trinajstić information content (AvgIpc) is 2.79. The number of rotatable bonds is 1. The second-order valence-electron chi connectivity index (χ2n) is 5.73. The lowest BCUT2D eigenvalue weighted by Crippen LogP contribution is -2.48. The summed E-state index contributed by atoms with van der Waals surface area (Å²) in [6.45, 7) is 2.58. The van der Waals surface area contributed by atoms with E-state index in [4.69, 9.17) is 0 Å². The summed E-state index contributed by atoms with van der Waals surface area (Å²) in [5.41, 5.74) is 2.37. The van der Waals surface area contributed by atoms with Crippen molar-refractivity contribution in [1.29, 1.82) is 0 Å². The molecule has 0 bridgehead atoms. The maximum absolute atomic E-state index is 12.7. The number of aromatic nitrogens is 2. The summed E-state index contributed by atoms with van der Waals surface area (Å²) in [4.78, 5) is 16.9. The van der Waals surface area contributed by atoms with Crippen molar-refractivity contribution in [2.75, 3.05) is 20.1 Å². The van der Waals surface area contributed by atoms with Crippen LogP contribution < -0.4 is 0 Å². The van der Waals surface area contributed by atoms with Gasteiger partial charge in [0.2, 0.25) is 5.91 Å². The van der Waals surface area contributed by atoms with Gasteiger partial charge >= 0.3 is 0 Å². The van der Waals surface area contributed by atoms with Crippen LogP contribution in [0.2, 0.25) is 0 Å². The maximum Gasteiger partial charge on any atom is 0.240 e. The average molecular weight is 262 g/mol. The second-order valence-corrected chi connectivity index (χ2v) is 5.73. The van der Waals surface area contributed by atoms with Crippen molar-refractivity contribution in [2.45, 2.75) is 44.7 Å². The van der Waals surface area contributed by atoms with Gasteiger partial charge in [0.15, 0.2) is 0 Å². The van der Waals surface area contributed by atoms with E-state index < -0.39 is 0 Å². The van der Waals surface area contributed by atoms with Crippen molar-refractivity contribution in [3.05, 3.63) is 17.5 Å². The number of nitrogens with one attached hydrogen (secondary N) is 1. The molecule has 3 rings (SSSR count). The van der Waals surface area contributed by atoms with Crippen LogP contribution in [0.25, 0.3) is 0 Å². The summed E-state index contributed by atoms with van der Waals surface area (Å²) in [6, 6.07) is 0.0796. The highest BCUT2D eigenvalue weighted by Gasteiger charge is 2.30. The number of likely N-dealkylation sites (tertiary alicyclic amines) is 1. The molecule has 0 radical (unpaired) electrons. The molecule has 5 nitrogen and oxygen atoms in total. The molecule has 104 valence electrons. The zero-order valence-corrected chi connectivity index (χ0v) is 11.6. The molecule has 5 heteroatoms. The van der Waals surface area contributed by atoms with Gasteiger partial charge in [-0.2, -0.15) is 5.10 Å². The predicted octanol–water partition coefficient (Wildman–Crippen LogP) is 1.17. The molecule has 1 N–H and O–H groups in total. The first-order chi connectivity index (χ1) is 9.25. The van der Waals surface area contributed by atoms with Gasteiger partial charge in [-0.25, -0.2) is 0 Å². The number of nitrogens with zero attached hydrogens (tertiary/aromatic N) is 3. The van der Waals surface area contributed by atoms with E-state index in [0.29, 0.717) is 5.91 Å². The minimum atomic E-state index is 0.0796. The Morgan fingerprint density at radius 1 is 1.37 bits per heavy atom. The molecule has 1 atom stereocenters. The molecule has 0 spiro atoms. The highest BCUT2D eigenvalue weighted by molar-refractivity contribution is 5.82. The topological polar surface area (TPSA) is 52.2 Å². The second kappa shape index (κ2) is 5.33. The molecule has 2 aliphatic rings. The molecule has 0 unspecified atom stereocenters. The van der Waals surface area contributed by atoms with E-state index in [9.17, 15) is 4.79 Å². The minimum absolute atomic E-state index is 0.0796. The Kier molecular flexibility index (Phi) is 3.55. The van der Waals surface area contributed by atoms with Gasteiger partial charge in [0, 0.05) is 30.8 Å². The zero-order chi connectivity index (χ0) is 13.2. The Morgan fingerprint density at radius 2 is 2.26 bits per heavy atom. The summed E-state index contributed by atoms with van der Waals surface area (Å²) in [5, 5.41) is 7.08. The number of hydrogen-bond acceptors (Lipinski definition) is 3. The number of carbonyl (C=O) groups is 1. The Morgan fingerprint density at radius 3 is 3.16 bits per heavy atom. The van der Waals surface area contributed by atoms with Gasteiger partial charge < -0.3 is 4.90 Å². The molecule has 0 aromatic carbocycles. The van der Waals surface area contributed by atoms with Crippen LogP contribution in [0.3, 0.4) is 0 Å². The van der Waals surface area contributed by atoms with Crippen molar-refractivity contribution in [1.82, 2.24) is 20.0 Å². The Hall–Kier alpha value is -1.36. The highest BCUT2D eigenvalue weighted by Crippen LogP contribution is 2.21. The van der Waals surface area contributed by atoms with E-state index in [-0.39, 0.29) is 6.04 Å². The summed E-state index contributed by atoms with van der Waals surface area (Å²) < 4.78 is 0.